The van der Waals surface area contributed by atoms with Crippen LogP contribution in [-0.2, 0) is 0 Å². The van der Waals surface area contributed by atoms with Gasteiger partial charge in [0, 0.05) is 0 Å². The third kappa shape index (κ3) is 2.96. The van der Waals surface area contributed by atoms with Crippen LogP contribution in [0.4, 0.5) is 0 Å². The van der Waals surface area contributed by atoms with Gasteiger partial charge in [0.05, 0.1) is 0 Å². The molecular weight excluding hydrogens is 192 g/mol. The zero-order valence-corrected chi connectivity index (χ0v) is 10.6. The largest absolute Gasteiger partial charge is 0.0683 e. The molecule has 2 aromatic rings. The van der Waals surface area contributed by atoms with Crippen molar-refractivity contribution >= 4 is 0 Å². The van der Waals surface area contributed by atoms with Crippen LogP contribution in [0.15, 0.2) is 48.5 Å². The third-order valence-electron chi connectivity index (χ3n) is 2.51. The van der Waals surface area contributed by atoms with E-state index in [2.05, 4.69) is 62.4 Å². The van der Waals surface area contributed by atoms with Gasteiger partial charge in [-0.25, -0.2) is 0 Å². The molecule has 0 amide bonds. The lowest BCUT2D eigenvalue weighted by molar-refractivity contribution is 1.43. The summed E-state index contributed by atoms with van der Waals surface area (Å²) in [6.07, 6.45) is 0. The molecule has 0 aliphatic rings. The van der Waals surface area contributed by atoms with Crippen LogP contribution in [0.1, 0.15) is 25.0 Å². The molecule has 0 aliphatic carbocycles. The minimum absolute atomic E-state index is 1.30. The van der Waals surface area contributed by atoms with E-state index in [4.69, 9.17) is 0 Å². The molecule has 0 atom stereocenters. The Bertz CT molecular complexity index is 424. The summed E-state index contributed by atoms with van der Waals surface area (Å²) in [6, 6.07) is 17.1. The first kappa shape index (κ1) is 12.5. The molecule has 16 heavy (non-hydrogen) atoms. The van der Waals surface area contributed by atoms with Crippen molar-refractivity contribution in [2.24, 2.45) is 0 Å². The maximum Gasteiger partial charge on any atom is -0.0155 e. The average Bonchev–Trinajstić information content (AvgIpc) is 2.34. The van der Waals surface area contributed by atoms with Crippen LogP contribution in [0.5, 0.6) is 0 Å². The Morgan fingerprint density at radius 3 is 1.81 bits per heavy atom. The predicted molar refractivity (Wildman–Crippen MR) is 72.7 cm³/mol. The third-order valence-corrected chi connectivity index (χ3v) is 2.51. The van der Waals surface area contributed by atoms with Gasteiger partial charge in [-0.05, 0) is 30.5 Å². The topological polar surface area (TPSA) is 0 Å². The number of aryl methyl sites for hydroxylation is 2. The van der Waals surface area contributed by atoms with Gasteiger partial charge in [-0.1, -0.05) is 67.9 Å². The van der Waals surface area contributed by atoms with E-state index in [9.17, 15) is 0 Å². The van der Waals surface area contributed by atoms with Crippen molar-refractivity contribution in [3.8, 4) is 11.1 Å². The van der Waals surface area contributed by atoms with E-state index in [1.54, 1.807) is 0 Å². The lowest BCUT2D eigenvalue weighted by atomic mass is 10.00. The van der Waals surface area contributed by atoms with E-state index in [0.717, 1.165) is 0 Å². The first-order chi connectivity index (χ1) is 7.77. The van der Waals surface area contributed by atoms with E-state index >= 15 is 0 Å². The Morgan fingerprint density at radius 2 is 1.25 bits per heavy atom. The van der Waals surface area contributed by atoms with Gasteiger partial charge < -0.3 is 0 Å². The normalized spacial score (nSPS) is 9.25. The molecular formula is C16H20. The fourth-order valence-corrected chi connectivity index (χ4v) is 1.63. The summed E-state index contributed by atoms with van der Waals surface area (Å²) in [6.45, 7) is 8.26. The van der Waals surface area contributed by atoms with Crippen molar-refractivity contribution in [2.45, 2.75) is 27.7 Å². The van der Waals surface area contributed by atoms with E-state index in [1.165, 1.54) is 22.3 Å². The van der Waals surface area contributed by atoms with Crippen molar-refractivity contribution in [3.63, 3.8) is 0 Å². The molecule has 0 heteroatoms. The zero-order valence-electron chi connectivity index (χ0n) is 10.6. The molecule has 0 saturated heterocycles. The first-order valence-corrected chi connectivity index (χ1v) is 5.90. The molecule has 0 heterocycles. The molecule has 0 fully saturated rings. The van der Waals surface area contributed by atoms with Gasteiger partial charge in [0.25, 0.3) is 0 Å². The Hall–Kier alpha value is -1.56. The number of hydrogen-bond donors (Lipinski definition) is 0. The lowest BCUT2D eigenvalue weighted by Gasteiger charge is -2.05. The Morgan fingerprint density at radius 1 is 0.688 bits per heavy atom. The average molecular weight is 212 g/mol. The molecule has 0 aromatic heterocycles. The second kappa shape index (κ2) is 6.12. The minimum Gasteiger partial charge on any atom is -0.0683 e. The molecule has 84 valence electrons. The minimum atomic E-state index is 1.30. The van der Waals surface area contributed by atoms with Crippen molar-refractivity contribution in [1.29, 1.82) is 0 Å². The fourth-order valence-electron chi connectivity index (χ4n) is 1.63. The van der Waals surface area contributed by atoms with Gasteiger partial charge in [0.1, 0.15) is 0 Å². The van der Waals surface area contributed by atoms with Gasteiger partial charge in [0.15, 0.2) is 0 Å². The summed E-state index contributed by atoms with van der Waals surface area (Å²) in [7, 11) is 0. The standard InChI is InChI=1S/C14H14.C2H6/c1-11-7-9-13(10-8-11)14-6-4-3-5-12(14)2;1-2/h3-10H,1-2H3;1-2H3. The maximum atomic E-state index is 2.18. The molecule has 0 N–H and O–H groups in total. The highest BCUT2D eigenvalue weighted by Crippen LogP contribution is 2.22. The highest BCUT2D eigenvalue weighted by molar-refractivity contribution is 5.67. The van der Waals surface area contributed by atoms with Crippen LogP contribution in [0.25, 0.3) is 11.1 Å². The second-order valence-electron chi connectivity index (χ2n) is 3.68. The monoisotopic (exact) mass is 212 g/mol. The van der Waals surface area contributed by atoms with E-state index in [1.807, 2.05) is 13.8 Å². The predicted octanol–water partition coefficient (Wildman–Crippen LogP) is 5.00. The summed E-state index contributed by atoms with van der Waals surface area (Å²) in [4.78, 5) is 0. The molecule has 0 spiro atoms. The zero-order chi connectivity index (χ0) is 12.0. The molecule has 0 aliphatic heterocycles. The van der Waals surface area contributed by atoms with Gasteiger partial charge >= 0.3 is 0 Å². The fraction of sp³-hybridized carbons (Fsp3) is 0.250. The van der Waals surface area contributed by atoms with Crippen LogP contribution in [0, 0.1) is 13.8 Å². The Labute approximate surface area is 99.0 Å². The highest BCUT2D eigenvalue weighted by atomic mass is 14.0. The molecule has 0 saturated carbocycles. The van der Waals surface area contributed by atoms with Crippen LogP contribution < -0.4 is 0 Å². The van der Waals surface area contributed by atoms with Gasteiger partial charge in [-0.15, -0.1) is 0 Å². The molecule has 0 nitrogen and oxygen atoms in total. The number of hydrogen-bond acceptors (Lipinski definition) is 0. The summed E-state index contributed by atoms with van der Waals surface area (Å²) in [5, 5.41) is 0. The molecule has 0 radical (unpaired) electrons. The Balaban J connectivity index is 0.000000606. The van der Waals surface area contributed by atoms with Crippen molar-refractivity contribution in [3.05, 3.63) is 59.7 Å². The lowest BCUT2D eigenvalue weighted by Crippen LogP contribution is -1.82. The van der Waals surface area contributed by atoms with Crippen LogP contribution in [-0.4, -0.2) is 0 Å². The SMILES string of the molecule is CC.Cc1ccc(-c2ccccc2C)cc1. The van der Waals surface area contributed by atoms with Crippen LogP contribution in [0.3, 0.4) is 0 Å². The van der Waals surface area contributed by atoms with Crippen molar-refractivity contribution in [2.75, 3.05) is 0 Å². The first-order valence-electron chi connectivity index (χ1n) is 5.90. The van der Waals surface area contributed by atoms with Gasteiger partial charge in [-0.3, -0.25) is 0 Å². The number of benzene rings is 2. The highest BCUT2D eigenvalue weighted by Gasteiger charge is 1.98. The summed E-state index contributed by atoms with van der Waals surface area (Å²) >= 11 is 0. The summed E-state index contributed by atoms with van der Waals surface area (Å²) < 4.78 is 0. The second-order valence-corrected chi connectivity index (χ2v) is 3.68. The van der Waals surface area contributed by atoms with Crippen LogP contribution >= 0.6 is 0 Å². The van der Waals surface area contributed by atoms with E-state index < -0.39 is 0 Å². The van der Waals surface area contributed by atoms with Gasteiger partial charge in [0.2, 0.25) is 0 Å². The summed E-state index contributed by atoms with van der Waals surface area (Å²) in [5.74, 6) is 0. The number of rotatable bonds is 1. The molecule has 2 aromatic carbocycles. The van der Waals surface area contributed by atoms with Gasteiger partial charge in [-0.2, -0.15) is 0 Å². The molecule has 2 rings (SSSR count). The summed E-state index contributed by atoms with van der Waals surface area (Å²) in [5.41, 5.74) is 5.26. The van der Waals surface area contributed by atoms with E-state index in [-0.39, 0.29) is 0 Å². The van der Waals surface area contributed by atoms with E-state index in [0.29, 0.717) is 0 Å². The van der Waals surface area contributed by atoms with Crippen molar-refractivity contribution < 1.29 is 0 Å². The Kier molecular flexibility index (Phi) is 4.78. The smallest absolute Gasteiger partial charge is 0.0155 e. The van der Waals surface area contributed by atoms with Crippen molar-refractivity contribution in [1.82, 2.24) is 0 Å². The maximum absolute atomic E-state index is 2.18. The quantitative estimate of drug-likeness (QED) is 0.624. The van der Waals surface area contributed by atoms with Crippen LogP contribution in [0.2, 0.25) is 0 Å². The molecule has 0 bridgehead atoms. The molecule has 0 unspecified atom stereocenters.